The summed E-state index contributed by atoms with van der Waals surface area (Å²) in [5.74, 6) is 0.735. The van der Waals surface area contributed by atoms with Crippen LogP contribution in [0.25, 0.3) is 0 Å². The van der Waals surface area contributed by atoms with Gasteiger partial charge in [-0.1, -0.05) is 42.1 Å². The van der Waals surface area contributed by atoms with Crippen molar-refractivity contribution < 1.29 is 14.0 Å². The first-order valence-electron chi connectivity index (χ1n) is 8.52. The van der Waals surface area contributed by atoms with E-state index in [1.54, 1.807) is 24.1 Å². The number of hydrogen-bond donors (Lipinski definition) is 0. The number of Topliss-reactive ketones (excluding diaryl/α,β-unsaturated/α-hetero) is 1. The molecule has 0 fully saturated rings. The lowest BCUT2D eigenvalue weighted by molar-refractivity contribution is -0.117. The number of anilines is 1. The van der Waals surface area contributed by atoms with Gasteiger partial charge in [0.15, 0.2) is 5.78 Å². The van der Waals surface area contributed by atoms with E-state index in [9.17, 15) is 9.59 Å². The molecule has 0 spiro atoms. The fraction of sp³-hybridized carbons (Fsp3) is 0.200. The summed E-state index contributed by atoms with van der Waals surface area (Å²) >= 11 is 1.22. The number of likely N-dealkylation sites (N-methyl/N-ethyl adjacent to an activating group) is 1. The molecule has 2 heterocycles. The molecule has 0 unspecified atom stereocenters. The number of benzene rings is 2. The molecule has 6 nitrogen and oxygen atoms in total. The van der Waals surface area contributed by atoms with Crippen LogP contribution in [0, 0.1) is 0 Å². The average Bonchev–Trinajstić information content (AvgIpc) is 3.24. The number of nitrogens with zero attached hydrogens (tertiary/aromatic N) is 3. The number of fused-ring (bicyclic) bond motifs is 1. The molecule has 4 rings (SSSR count). The van der Waals surface area contributed by atoms with Gasteiger partial charge in [0.2, 0.25) is 11.8 Å². The van der Waals surface area contributed by atoms with E-state index in [-0.39, 0.29) is 17.4 Å². The normalized spacial score (nSPS) is 13.1. The number of thioether (sulfide) groups is 1. The van der Waals surface area contributed by atoms with Gasteiger partial charge in [0.25, 0.3) is 5.22 Å². The van der Waals surface area contributed by atoms with Gasteiger partial charge in [-0.25, -0.2) is 0 Å². The van der Waals surface area contributed by atoms with E-state index in [0.29, 0.717) is 29.5 Å². The van der Waals surface area contributed by atoms with Crippen LogP contribution in [0.4, 0.5) is 5.69 Å². The van der Waals surface area contributed by atoms with E-state index >= 15 is 0 Å². The molecule has 2 aromatic carbocycles. The van der Waals surface area contributed by atoms with Crippen LogP contribution in [-0.4, -0.2) is 34.7 Å². The maximum absolute atomic E-state index is 12.5. The first-order valence-corrected chi connectivity index (χ1v) is 9.50. The molecule has 0 saturated heterocycles. The summed E-state index contributed by atoms with van der Waals surface area (Å²) in [5, 5.41) is 8.41. The minimum absolute atomic E-state index is 0.0346. The summed E-state index contributed by atoms with van der Waals surface area (Å²) in [6.07, 6.45) is 0.904. The van der Waals surface area contributed by atoms with Crippen molar-refractivity contribution in [2.75, 3.05) is 17.7 Å². The molecule has 7 heteroatoms. The van der Waals surface area contributed by atoms with Crippen LogP contribution in [0.3, 0.4) is 0 Å². The Kier molecular flexibility index (Phi) is 4.77. The van der Waals surface area contributed by atoms with Crippen molar-refractivity contribution in [3.63, 3.8) is 0 Å². The summed E-state index contributed by atoms with van der Waals surface area (Å²) < 4.78 is 5.61. The highest BCUT2D eigenvalue weighted by molar-refractivity contribution is 7.99. The van der Waals surface area contributed by atoms with E-state index in [0.717, 1.165) is 16.8 Å². The van der Waals surface area contributed by atoms with Crippen molar-refractivity contribution in [1.82, 2.24) is 10.2 Å². The third kappa shape index (κ3) is 3.78. The zero-order chi connectivity index (χ0) is 18.8. The Morgan fingerprint density at radius 3 is 2.81 bits per heavy atom. The summed E-state index contributed by atoms with van der Waals surface area (Å²) in [6, 6.07) is 15.2. The quantitative estimate of drug-likeness (QED) is 0.484. The third-order valence-corrected chi connectivity index (χ3v) is 5.27. The first-order chi connectivity index (χ1) is 13.1. The highest BCUT2D eigenvalue weighted by atomic mass is 32.2. The number of hydrogen-bond acceptors (Lipinski definition) is 6. The van der Waals surface area contributed by atoms with Crippen LogP contribution in [-0.2, 0) is 17.6 Å². The molecule has 0 saturated carbocycles. The number of ketones is 1. The van der Waals surface area contributed by atoms with Gasteiger partial charge in [0.05, 0.1) is 18.6 Å². The molecule has 27 heavy (non-hydrogen) atoms. The number of carbonyl (C=O) groups excluding carboxylic acids is 2. The van der Waals surface area contributed by atoms with Gasteiger partial charge in [-0.15, -0.1) is 10.2 Å². The van der Waals surface area contributed by atoms with Crippen LogP contribution in [0.5, 0.6) is 0 Å². The topological polar surface area (TPSA) is 76.3 Å². The predicted octanol–water partition coefficient (Wildman–Crippen LogP) is 3.15. The van der Waals surface area contributed by atoms with Gasteiger partial charge < -0.3 is 9.32 Å². The molecule has 0 atom stereocenters. The van der Waals surface area contributed by atoms with Gasteiger partial charge in [-0.2, -0.15) is 0 Å². The van der Waals surface area contributed by atoms with Crippen molar-refractivity contribution in [2.45, 2.75) is 18.1 Å². The van der Waals surface area contributed by atoms with Crippen molar-refractivity contribution >= 4 is 29.1 Å². The summed E-state index contributed by atoms with van der Waals surface area (Å²) in [6.45, 7) is 0. The standard InChI is InChI=1S/C20H17N3O3S/c1-23-16-8-7-14(10-15(16)11-19(23)25)17(24)12-27-20-22-21-18(26-20)9-13-5-3-2-4-6-13/h2-8,10H,9,11-12H2,1H3. The Morgan fingerprint density at radius 2 is 2.00 bits per heavy atom. The van der Waals surface area contributed by atoms with E-state index in [1.165, 1.54) is 11.8 Å². The molecule has 0 aliphatic carbocycles. The molecule has 0 radical (unpaired) electrons. The van der Waals surface area contributed by atoms with Crippen LogP contribution in [0.1, 0.15) is 27.4 Å². The molecule has 0 bridgehead atoms. The van der Waals surface area contributed by atoms with Gasteiger partial charge >= 0.3 is 0 Å². The van der Waals surface area contributed by atoms with Gasteiger partial charge in [0.1, 0.15) is 0 Å². The smallest absolute Gasteiger partial charge is 0.277 e. The molecule has 3 aromatic rings. The third-order valence-electron chi connectivity index (χ3n) is 4.45. The Hall–Kier alpha value is -2.93. The second-order valence-electron chi connectivity index (χ2n) is 6.31. The van der Waals surface area contributed by atoms with E-state index in [1.807, 2.05) is 36.4 Å². The van der Waals surface area contributed by atoms with Gasteiger partial charge in [-0.05, 0) is 29.3 Å². The Morgan fingerprint density at radius 1 is 1.19 bits per heavy atom. The van der Waals surface area contributed by atoms with Crippen LogP contribution >= 0.6 is 11.8 Å². The van der Waals surface area contributed by atoms with Gasteiger partial charge in [-0.3, -0.25) is 9.59 Å². The summed E-state index contributed by atoms with van der Waals surface area (Å²) in [5.41, 5.74) is 3.44. The van der Waals surface area contributed by atoms with Crippen molar-refractivity contribution in [3.05, 3.63) is 71.1 Å². The van der Waals surface area contributed by atoms with Crippen molar-refractivity contribution in [3.8, 4) is 0 Å². The molecular weight excluding hydrogens is 362 g/mol. The number of aromatic nitrogens is 2. The lowest BCUT2D eigenvalue weighted by Gasteiger charge is -2.10. The largest absolute Gasteiger partial charge is 0.416 e. The average molecular weight is 379 g/mol. The molecule has 1 amide bonds. The zero-order valence-electron chi connectivity index (χ0n) is 14.7. The number of amides is 1. The minimum Gasteiger partial charge on any atom is -0.416 e. The maximum atomic E-state index is 12.5. The molecule has 136 valence electrons. The van der Waals surface area contributed by atoms with Crippen molar-refractivity contribution in [1.29, 1.82) is 0 Å². The molecule has 0 N–H and O–H groups in total. The van der Waals surface area contributed by atoms with Crippen LogP contribution < -0.4 is 4.90 Å². The van der Waals surface area contributed by atoms with Crippen molar-refractivity contribution in [2.24, 2.45) is 0 Å². The highest BCUT2D eigenvalue weighted by Gasteiger charge is 2.24. The van der Waals surface area contributed by atoms with Gasteiger partial charge in [0, 0.05) is 18.3 Å². The summed E-state index contributed by atoms with van der Waals surface area (Å²) in [7, 11) is 1.74. The number of carbonyl (C=O) groups is 2. The van der Waals surface area contributed by atoms with Crippen LogP contribution in [0.15, 0.2) is 58.2 Å². The fourth-order valence-electron chi connectivity index (χ4n) is 2.99. The summed E-state index contributed by atoms with van der Waals surface area (Å²) in [4.78, 5) is 25.9. The van der Waals surface area contributed by atoms with E-state index in [4.69, 9.17) is 4.42 Å². The molecule has 1 aliphatic heterocycles. The monoisotopic (exact) mass is 379 g/mol. The second kappa shape index (κ2) is 7.36. The Bertz CT molecular complexity index is 1000. The number of rotatable bonds is 6. The fourth-order valence-corrected chi connectivity index (χ4v) is 3.67. The predicted molar refractivity (Wildman–Crippen MR) is 102 cm³/mol. The zero-order valence-corrected chi connectivity index (χ0v) is 15.5. The van der Waals surface area contributed by atoms with E-state index in [2.05, 4.69) is 10.2 Å². The minimum atomic E-state index is -0.0346. The molecule has 1 aliphatic rings. The van der Waals surface area contributed by atoms with Crippen LogP contribution in [0.2, 0.25) is 0 Å². The lowest BCUT2D eigenvalue weighted by atomic mass is 10.1. The second-order valence-corrected chi connectivity index (χ2v) is 7.24. The SMILES string of the molecule is CN1C(=O)Cc2cc(C(=O)CSc3nnc(Cc4ccccc4)o3)ccc21. The maximum Gasteiger partial charge on any atom is 0.277 e. The molecule has 1 aromatic heterocycles. The Balaban J connectivity index is 1.37. The molecular formula is C20H17N3O3S. The Labute approximate surface area is 160 Å². The highest BCUT2D eigenvalue weighted by Crippen LogP contribution is 2.29. The van der Waals surface area contributed by atoms with E-state index < -0.39 is 0 Å². The lowest BCUT2D eigenvalue weighted by Crippen LogP contribution is -2.20. The first kappa shape index (κ1) is 17.5.